The topological polar surface area (TPSA) is 71.5 Å². The fourth-order valence-electron chi connectivity index (χ4n) is 4.57. The lowest BCUT2D eigenvalue weighted by atomic mass is 9.79. The maximum atomic E-state index is 12.7. The first-order chi connectivity index (χ1) is 15.0. The van der Waals surface area contributed by atoms with E-state index in [1.165, 1.54) is 0 Å². The number of likely N-dealkylation sites (tertiary alicyclic amines) is 1. The smallest absolute Gasteiger partial charge is 0.252 e. The molecule has 1 aromatic heterocycles. The van der Waals surface area contributed by atoms with E-state index in [-0.39, 0.29) is 17.4 Å². The lowest BCUT2D eigenvalue weighted by Gasteiger charge is -2.46. The number of halogens is 1. The maximum absolute atomic E-state index is 12.7. The molecule has 3 heterocycles. The zero-order valence-corrected chi connectivity index (χ0v) is 18.3. The highest BCUT2D eigenvalue weighted by molar-refractivity contribution is 6.31. The second kappa shape index (κ2) is 9.79. The lowest BCUT2D eigenvalue weighted by molar-refractivity contribution is -0.146. The standard InChI is InChI=1S/C24H28ClN3O3/c25-21-6-2-1-4-19(21)14-22(29)28-11-8-24(9-12-28)15-18(7-13-31-24)16-27-23(30)20-5-3-10-26-17-20/h1-6,10,17-18H,7-9,11-16H2,(H,27,30). The minimum absolute atomic E-state index is 0.0892. The van der Waals surface area contributed by atoms with Gasteiger partial charge in [0.15, 0.2) is 0 Å². The molecule has 2 fully saturated rings. The summed E-state index contributed by atoms with van der Waals surface area (Å²) >= 11 is 6.21. The summed E-state index contributed by atoms with van der Waals surface area (Å²) < 4.78 is 6.21. The molecular formula is C24H28ClN3O3. The molecule has 0 aliphatic carbocycles. The number of aromatic nitrogens is 1. The molecule has 2 saturated heterocycles. The van der Waals surface area contributed by atoms with E-state index in [0.717, 1.165) is 31.2 Å². The number of hydrogen-bond acceptors (Lipinski definition) is 4. The minimum Gasteiger partial charge on any atom is -0.375 e. The molecule has 2 aliphatic heterocycles. The second-order valence-corrected chi connectivity index (χ2v) is 8.90. The number of nitrogens with zero attached hydrogens (tertiary/aromatic N) is 2. The molecule has 2 aliphatic rings. The molecule has 1 atom stereocenters. The van der Waals surface area contributed by atoms with Crippen LogP contribution in [0.25, 0.3) is 0 Å². The quantitative estimate of drug-likeness (QED) is 0.770. The Hall–Kier alpha value is -2.44. The Kier molecular flexibility index (Phi) is 6.88. The fraction of sp³-hybridized carbons (Fsp3) is 0.458. The van der Waals surface area contributed by atoms with Gasteiger partial charge in [-0.05, 0) is 55.4 Å². The largest absolute Gasteiger partial charge is 0.375 e. The highest BCUT2D eigenvalue weighted by Gasteiger charge is 2.41. The van der Waals surface area contributed by atoms with Crippen LogP contribution in [0.5, 0.6) is 0 Å². The van der Waals surface area contributed by atoms with Crippen molar-refractivity contribution >= 4 is 23.4 Å². The molecule has 0 bridgehead atoms. The molecule has 4 rings (SSSR count). The number of ether oxygens (including phenoxy) is 1. The number of nitrogens with one attached hydrogen (secondary N) is 1. The number of carbonyl (C=O) groups excluding carboxylic acids is 2. The molecular weight excluding hydrogens is 414 g/mol. The zero-order valence-electron chi connectivity index (χ0n) is 17.6. The Balaban J connectivity index is 1.27. The summed E-state index contributed by atoms with van der Waals surface area (Å²) in [5.74, 6) is 0.396. The number of carbonyl (C=O) groups is 2. The molecule has 2 amide bonds. The third-order valence-electron chi connectivity index (χ3n) is 6.40. The molecule has 1 unspecified atom stereocenters. The van der Waals surface area contributed by atoms with Gasteiger partial charge in [0.2, 0.25) is 5.91 Å². The summed E-state index contributed by atoms with van der Waals surface area (Å²) in [6.07, 6.45) is 7.07. The van der Waals surface area contributed by atoms with Crippen LogP contribution in [0, 0.1) is 5.92 Å². The first-order valence-corrected chi connectivity index (χ1v) is 11.3. The van der Waals surface area contributed by atoms with E-state index in [1.807, 2.05) is 29.2 Å². The summed E-state index contributed by atoms with van der Waals surface area (Å²) in [6, 6.07) is 11.0. The molecule has 1 N–H and O–H groups in total. The third kappa shape index (κ3) is 5.43. The van der Waals surface area contributed by atoms with Crippen molar-refractivity contribution in [3.63, 3.8) is 0 Å². The Morgan fingerprint density at radius 2 is 2.00 bits per heavy atom. The van der Waals surface area contributed by atoms with Gasteiger partial charge in [0, 0.05) is 43.7 Å². The average Bonchev–Trinajstić information content (AvgIpc) is 2.80. The van der Waals surface area contributed by atoms with Crippen LogP contribution >= 0.6 is 11.6 Å². The summed E-state index contributed by atoms with van der Waals surface area (Å²) in [5.41, 5.74) is 1.26. The van der Waals surface area contributed by atoms with Crippen LogP contribution in [-0.4, -0.2) is 53.5 Å². The molecule has 6 nitrogen and oxygen atoms in total. The molecule has 2 aromatic rings. The third-order valence-corrected chi connectivity index (χ3v) is 6.77. The Labute approximate surface area is 187 Å². The summed E-state index contributed by atoms with van der Waals surface area (Å²) in [7, 11) is 0. The number of pyridine rings is 1. The van der Waals surface area contributed by atoms with Gasteiger partial charge in [0.1, 0.15) is 0 Å². The van der Waals surface area contributed by atoms with Gasteiger partial charge in [0.25, 0.3) is 5.91 Å². The summed E-state index contributed by atoms with van der Waals surface area (Å²) in [6.45, 7) is 2.71. The normalized spacial score (nSPS) is 20.4. The fourth-order valence-corrected chi connectivity index (χ4v) is 4.77. The number of amides is 2. The summed E-state index contributed by atoms with van der Waals surface area (Å²) in [5, 5.41) is 3.67. The van der Waals surface area contributed by atoms with Crippen molar-refractivity contribution in [2.75, 3.05) is 26.2 Å². The van der Waals surface area contributed by atoms with Gasteiger partial charge in [-0.25, -0.2) is 0 Å². The number of benzene rings is 1. The Morgan fingerprint density at radius 1 is 1.19 bits per heavy atom. The highest BCUT2D eigenvalue weighted by Crippen LogP contribution is 2.37. The van der Waals surface area contributed by atoms with Crippen LogP contribution in [0.1, 0.15) is 41.6 Å². The minimum atomic E-state index is -0.191. The van der Waals surface area contributed by atoms with E-state index in [9.17, 15) is 9.59 Å². The zero-order chi connectivity index (χ0) is 21.7. The second-order valence-electron chi connectivity index (χ2n) is 8.49. The van der Waals surface area contributed by atoms with Crippen LogP contribution in [-0.2, 0) is 16.0 Å². The van der Waals surface area contributed by atoms with E-state index in [1.54, 1.807) is 24.5 Å². The van der Waals surface area contributed by atoms with Gasteiger partial charge in [-0.2, -0.15) is 0 Å². The number of piperidine rings is 1. The Morgan fingerprint density at radius 3 is 2.74 bits per heavy atom. The van der Waals surface area contributed by atoms with Crippen LogP contribution < -0.4 is 5.32 Å². The van der Waals surface area contributed by atoms with Crippen molar-refractivity contribution in [2.24, 2.45) is 5.92 Å². The van der Waals surface area contributed by atoms with Crippen molar-refractivity contribution < 1.29 is 14.3 Å². The lowest BCUT2D eigenvalue weighted by Crippen LogP contribution is -2.52. The van der Waals surface area contributed by atoms with Crippen molar-refractivity contribution in [2.45, 2.75) is 37.7 Å². The van der Waals surface area contributed by atoms with E-state index >= 15 is 0 Å². The van der Waals surface area contributed by atoms with Gasteiger partial charge < -0.3 is 15.0 Å². The average molecular weight is 442 g/mol. The predicted octanol–water partition coefficient (Wildman–Crippen LogP) is 3.50. The van der Waals surface area contributed by atoms with Gasteiger partial charge in [-0.15, -0.1) is 0 Å². The van der Waals surface area contributed by atoms with Gasteiger partial charge in [0.05, 0.1) is 17.6 Å². The Bertz CT molecular complexity index is 913. The monoisotopic (exact) mass is 441 g/mol. The number of hydrogen-bond donors (Lipinski definition) is 1. The van der Waals surface area contributed by atoms with Crippen molar-refractivity contribution in [1.29, 1.82) is 0 Å². The highest BCUT2D eigenvalue weighted by atomic mass is 35.5. The van der Waals surface area contributed by atoms with Crippen molar-refractivity contribution in [1.82, 2.24) is 15.2 Å². The van der Waals surface area contributed by atoms with Gasteiger partial charge in [-0.3, -0.25) is 14.6 Å². The SMILES string of the molecule is O=C(NCC1CCOC2(CCN(C(=O)Cc3ccccc3Cl)CC2)C1)c1cccnc1. The van der Waals surface area contributed by atoms with E-state index in [4.69, 9.17) is 16.3 Å². The van der Waals surface area contributed by atoms with Gasteiger partial charge >= 0.3 is 0 Å². The molecule has 31 heavy (non-hydrogen) atoms. The first-order valence-electron chi connectivity index (χ1n) is 10.9. The number of rotatable bonds is 5. The first kappa shape index (κ1) is 21.8. The van der Waals surface area contributed by atoms with Crippen molar-refractivity contribution in [3.05, 3.63) is 64.9 Å². The molecule has 164 valence electrons. The van der Waals surface area contributed by atoms with Gasteiger partial charge in [-0.1, -0.05) is 29.8 Å². The van der Waals surface area contributed by atoms with E-state index < -0.39 is 0 Å². The summed E-state index contributed by atoms with van der Waals surface area (Å²) in [4.78, 5) is 31.0. The van der Waals surface area contributed by atoms with E-state index in [0.29, 0.717) is 49.2 Å². The molecule has 1 spiro atoms. The van der Waals surface area contributed by atoms with Crippen LogP contribution in [0.2, 0.25) is 5.02 Å². The molecule has 7 heteroatoms. The molecule has 1 aromatic carbocycles. The van der Waals surface area contributed by atoms with Crippen LogP contribution in [0.3, 0.4) is 0 Å². The maximum Gasteiger partial charge on any atom is 0.252 e. The van der Waals surface area contributed by atoms with Crippen molar-refractivity contribution in [3.8, 4) is 0 Å². The van der Waals surface area contributed by atoms with E-state index in [2.05, 4.69) is 10.3 Å². The predicted molar refractivity (Wildman–Crippen MR) is 119 cm³/mol. The molecule has 0 radical (unpaired) electrons. The van der Waals surface area contributed by atoms with Crippen LogP contribution in [0.15, 0.2) is 48.8 Å². The molecule has 0 saturated carbocycles. The van der Waals surface area contributed by atoms with Crippen LogP contribution in [0.4, 0.5) is 0 Å².